The van der Waals surface area contributed by atoms with E-state index in [1.165, 1.54) is 0 Å². The Morgan fingerprint density at radius 1 is 0.966 bits per heavy atom. The number of rotatable bonds is 4. The number of hydrogen-bond donors (Lipinski definition) is 0. The summed E-state index contributed by atoms with van der Waals surface area (Å²) in [4.78, 5) is 18.4. The summed E-state index contributed by atoms with van der Waals surface area (Å²) >= 11 is 0. The summed E-state index contributed by atoms with van der Waals surface area (Å²) in [6.07, 6.45) is 5.79. The van der Waals surface area contributed by atoms with Gasteiger partial charge in [0.1, 0.15) is 17.8 Å². The Hall–Kier alpha value is -3.26. The Morgan fingerprint density at radius 3 is 2.55 bits per heavy atom. The first kappa shape index (κ1) is 17.8. The molecule has 0 radical (unpaired) electrons. The van der Waals surface area contributed by atoms with E-state index < -0.39 is 0 Å². The third-order valence-corrected chi connectivity index (χ3v) is 5.36. The van der Waals surface area contributed by atoms with Gasteiger partial charge < -0.3 is 9.30 Å². The number of hydrogen-bond acceptors (Lipinski definition) is 6. The number of aromatic nitrogens is 6. The van der Waals surface area contributed by atoms with Crippen LogP contribution in [0.3, 0.4) is 0 Å². The van der Waals surface area contributed by atoms with Gasteiger partial charge in [0.25, 0.3) is 0 Å². The van der Waals surface area contributed by atoms with Crippen molar-refractivity contribution in [1.82, 2.24) is 34.0 Å². The monoisotopic (exact) mass is 388 g/mol. The fourth-order valence-corrected chi connectivity index (χ4v) is 3.91. The summed E-state index contributed by atoms with van der Waals surface area (Å²) in [5.74, 6) is 1.77. The van der Waals surface area contributed by atoms with Gasteiger partial charge >= 0.3 is 0 Å². The maximum atomic E-state index is 4.72. The number of nitrogens with zero attached hydrogens (tertiary/aromatic N) is 8. The fraction of sp³-hybridized carbons (Fsp3) is 0.333. The van der Waals surface area contributed by atoms with Gasteiger partial charge in [-0.05, 0) is 32.0 Å². The lowest BCUT2D eigenvalue weighted by atomic mass is 10.3. The van der Waals surface area contributed by atoms with E-state index in [0.29, 0.717) is 0 Å². The lowest BCUT2D eigenvalue weighted by Gasteiger charge is -2.35. The Balaban J connectivity index is 1.26. The van der Waals surface area contributed by atoms with Crippen LogP contribution in [0.1, 0.15) is 17.1 Å². The minimum Gasteiger partial charge on any atom is -0.354 e. The van der Waals surface area contributed by atoms with Crippen LogP contribution >= 0.6 is 0 Å². The Bertz CT molecular complexity index is 1100. The largest absolute Gasteiger partial charge is 0.354 e. The third kappa shape index (κ3) is 3.58. The number of fused-ring (bicyclic) bond motifs is 1. The summed E-state index contributed by atoms with van der Waals surface area (Å²) in [5, 5.41) is 4.53. The molecule has 1 saturated heterocycles. The number of imidazole rings is 1. The average Bonchev–Trinajstić information content (AvgIpc) is 3.30. The third-order valence-electron chi connectivity index (χ3n) is 5.36. The second-order valence-corrected chi connectivity index (χ2v) is 7.53. The summed E-state index contributed by atoms with van der Waals surface area (Å²) in [6, 6.07) is 10.2. The molecule has 5 heterocycles. The van der Waals surface area contributed by atoms with E-state index in [1.54, 1.807) is 6.33 Å². The van der Waals surface area contributed by atoms with Gasteiger partial charge in [0, 0.05) is 56.9 Å². The van der Waals surface area contributed by atoms with E-state index in [2.05, 4.69) is 41.5 Å². The van der Waals surface area contributed by atoms with Crippen molar-refractivity contribution in [2.45, 2.75) is 20.4 Å². The lowest BCUT2D eigenvalue weighted by molar-refractivity contribution is 0.247. The number of piperazine rings is 1. The minimum atomic E-state index is 0.813. The van der Waals surface area contributed by atoms with Gasteiger partial charge in [-0.25, -0.2) is 19.6 Å². The maximum absolute atomic E-state index is 4.72. The number of anilines is 1. The van der Waals surface area contributed by atoms with Crippen molar-refractivity contribution in [2.75, 3.05) is 31.1 Å². The zero-order valence-electron chi connectivity index (χ0n) is 16.7. The molecule has 0 aliphatic carbocycles. The zero-order valence-corrected chi connectivity index (χ0v) is 16.7. The van der Waals surface area contributed by atoms with Crippen LogP contribution in [0.25, 0.3) is 11.5 Å². The molecule has 4 aromatic rings. The van der Waals surface area contributed by atoms with E-state index in [1.807, 2.05) is 49.0 Å². The highest BCUT2D eigenvalue weighted by Gasteiger charge is 2.20. The first-order chi connectivity index (χ1) is 14.2. The fourth-order valence-electron chi connectivity index (χ4n) is 3.91. The van der Waals surface area contributed by atoms with Gasteiger partial charge in [-0.15, -0.1) is 0 Å². The summed E-state index contributed by atoms with van der Waals surface area (Å²) in [6.45, 7) is 8.73. The quantitative estimate of drug-likeness (QED) is 0.534. The topological polar surface area (TPSA) is 67.4 Å². The smallest absolute Gasteiger partial charge is 0.159 e. The van der Waals surface area contributed by atoms with E-state index in [4.69, 9.17) is 4.98 Å². The van der Waals surface area contributed by atoms with Crippen LogP contribution in [0, 0.1) is 13.8 Å². The van der Waals surface area contributed by atoms with Crippen molar-refractivity contribution < 1.29 is 0 Å². The number of aryl methyl sites for hydroxylation is 2. The van der Waals surface area contributed by atoms with Gasteiger partial charge in [-0.3, -0.25) is 4.90 Å². The first-order valence-corrected chi connectivity index (χ1v) is 9.91. The molecule has 148 valence electrons. The molecule has 1 fully saturated rings. The second kappa shape index (κ2) is 7.29. The molecule has 0 bridgehead atoms. The molecule has 0 amide bonds. The Labute approximate surface area is 169 Å². The van der Waals surface area contributed by atoms with Gasteiger partial charge in [0.2, 0.25) is 0 Å². The molecule has 5 rings (SSSR count). The molecular formula is C21H24N8. The van der Waals surface area contributed by atoms with E-state index in [0.717, 1.165) is 67.1 Å². The zero-order chi connectivity index (χ0) is 19.8. The normalized spacial score (nSPS) is 15.3. The predicted molar refractivity (Wildman–Crippen MR) is 111 cm³/mol. The molecule has 8 nitrogen and oxygen atoms in total. The van der Waals surface area contributed by atoms with Crippen LogP contribution in [0.15, 0.2) is 49.1 Å². The summed E-state index contributed by atoms with van der Waals surface area (Å²) in [7, 11) is 0. The van der Waals surface area contributed by atoms with Crippen molar-refractivity contribution in [3.63, 3.8) is 0 Å². The highest BCUT2D eigenvalue weighted by molar-refractivity contribution is 5.44. The Morgan fingerprint density at radius 2 is 1.79 bits per heavy atom. The van der Waals surface area contributed by atoms with Crippen molar-refractivity contribution in [3.05, 3.63) is 66.1 Å². The molecule has 0 saturated carbocycles. The van der Waals surface area contributed by atoms with Crippen LogP contribution in [-0.4, -0.2) is 60.2 Å². The predicted octanol–water partition coefficient (Wildman–Crippen LogP) is 2.25. The molecule has 0 N–H and O–H groups in total. The maximum Gasteiger partial charge on any atom is 0.159 e. The molecule has 0 unspecified atom stereocenters. The van der Waals surface area contributed by atoms with Crippen molar-refractivity contribution >= 4 is 11.5 Å². The highest BCUT2D eigenvalue weighted by Crippen LogP contribution is 2.18. The SMILES string of the molecule is Cc1cc(C)n(-c2cc(N3CCN(Cc4cn5ccccc5n4)CC3)ncn2)n1. The Kier molecular flexibility index (Phi) is 4.48. The summed E-state index contributed by atoms with van der Waals surface area (Å²) in [5.41, 5.74) is 4.17. The first-order valence-electron chi connectivity index (χ1n) is 9.91. The summed E-state index contributed by atoms with van der Waals surface area (Å²) < 4.78 is 3.95. The van der Waals surface area contributed by atoms with Crippen molar-refractivity contribution in [1.29, 1.82) is 0 Å². The molecule has 29 heavy (non-hydrogen) atoms. The van der Waals surface area contributed by atoms with Crippen LogP contribution in [-0.2, 0) is 6.54 Å². The molecular weight excluding hydrogens is 364 g/mol. The molecule has 4 aromatic heterocycles. The highest BCUT2D eigenvalue weighted by atomic mass is 15.3. The second-order valence-electron chi connectivity index (χ2n) is 7.53. The molecule has 0 aromatic carbocycles. The van der Waals surface area contributed by atoms with Crippen LogP contribution in [0.4, 0.5) is 5.82 Å². The van der Waals surface area contributed by atoms with Crippen LogP contribution in [0.5, 0.6) is 0 Å². The number of pyridine rings is 1. The average molecular weight is 388 g/mol. The lowest BCUT2D eigenvalue weighted by Crippen LogP contribution is -2.46. The molecule has 8 heteroatoms. The molecule has 1 aliphatic heterocycles. The van der Waals surface area contributed by atoms with E-state index in [-0.39, 0.29) is 0 Å². The van der Waals surface area contributed by atoms with Crippen LogP contribution < -0.4 is 4.90 Å². The van der Waals surface area contributed by atoms with Crippen molar-refractivity contribution in [3.8, 4) is 5.82 Å². The van der Waals surface area contributed by atoms with Gasteiger partial charge in [-0.1, -0.05) is 6.07 Å². The van der Waals surface area contributed by atoms with Gasteiger partial charge in [-0.2, -0.15) is 5.10 Å². The standard InChI is InChI=1S/C21H24N8/c1-16-11-17(2)29(25-16)21-12-20(22-15-23-21)27-9-7-26(8-10-27)13-18-14-28-6-4-3-5-19(28)24-18/h3-6,11-12,14-15H,7-10,13H2,1-2H3. The molecule has 1 aliphatic rings. The van der Waals surface area contributed by atoms with Crippen molar-refractivity contribution in [2.24, 2.45) is 0 Å². The van der Waals surface area contributed by atoms with E-state index in [9.17, 15) is 0 Å². The molecule has 0 atom stereocenters. The van der Waals surface area contributed by atoms with Gasteiger partial charge in [0.15, 0.2) is 5.82 Å². The van der Waals surface area contributed by atoms with Crippen LogP contribution in [0.2, 0.25) is 0 Å². The van der Waals surface area contributed by atoms with Gasteiger partial charge in [0.05, 0.1) is 11.4 Å². The van der Waals surface area contributed by atoms with E-state index >= 15 is 0 Å². The minimum absolute atomic E-state index is 0.813. The molecule has 0 spiro atoms.